The van der Waals surface area contributed by atoms with Gasteiger partial charge < -0.3 is 14.8 Å². The predicted octanol–water partition coefficient (Wildman–Crippen LogP) is 1.62. The molecular formula is C13H19NO2. The van der Waals surface area contributed by atoms with Crippen molar-refractivity contribution in [1.29, 1.82) is 0 Å². The van der Waals surface area contributed by atoms with Crippen molar-refractivity contribution in [3.8, 4) is 5.75 Å². The van der Waals surface area contributed by atoms with Gasteiger partial charge in [-0.05, 0) is 25.0 Å². The van der Waals surface area contributed by atoms with E-state index in [1.165, 1.54) is 5.56 Å². The molecule has 1 aliphatic heterocycles. The molecule has 0 bridgehead atoms. The van der Waals surface area contributed by atoms with Gasteiger partial charge in [-0.25, -0.2) is 0 Å². The maximum Gasteiger partial charge on any atom is 0.122 e. The molecule has 1 aliphatic rings. The first-order chi connectivity index (χ1) is 7.73. The summed E-state index contributed by atoms with van der Waals surface area (Å²) in [6, 6.07) is 8.16. The highest BCUT2D eigenvalue weighted by Gasteiger charge is 2.28. The van der Waals surface area contributed by atoms with Crippen molar-refractivity contribution in [2.45, 2.75) is 18.9 Å². The molecule has 16 heavy (non-hydrogen) atoms. The maximum absolute atomic E-state index is 5.53. The summed E-state index contributed by atoms with van der Waals surface area (Å²) in [4.78, 5) is 0. The first kappa shape index (κ1) is 11.4. The number of ether oxygens (including phenoxy) is 2. The van der Waals surface area contributed by atoms with Crippen LogP contribution in [0.2, 0.25) is 0 Å². The second kappa shape index (κ2) is 4.85. The van der Waals surface area contributed by atoms with E-state index in [9.17, 15) is 0 Å². The van der Waals surface area contributed by atoms with Crippen LogP contribution in [0.1, 0.15) is 12.5 Å². The molecule has 0 amide bonds. The molecule has 88 valence electrons. The number of nitrogens with one attached hydrogen (secondary N) is 1. The second-order valence-electron chi connectivity index (χ2n) is 4.53. The summed E-state index contributed by atoms with van der Waals surface area (Å²) in [6.07, 6.45) is 0.928. The van der Waals surface area contributed by atoms with Crippen LogP contribution in [0.25, 0.3) is 0 Å². The Labute approximate surface area is 96.8 Å². The van der Waals surface area contributed by atoms with Crippen LogP contribution in [-0.4, -0.2) is 32.4 Å². The minimum atomic E-state index is 0.0207. The number of morpholine rings is 1. The van der Waals surface area contributed by atoms with Gasteiger partial charge in [0.05, 0.1) is 20.3 Å². The second-order valence-corrected chi connectivity index (χ2v) is 4.53. The number of para-hydroxylation sites is 1. The van der Waals surface area contributed by atoms with Gasteiger partial charge in [0, 0.05) is 12.1 Å². The summed E-state index contributed by atoms with van der Waals surface area (Å²) in [5.74, 6) is 0.955. The van der Waals surface area contributed by atoms with Crippen LogP contribution in [0, 0.1) is 0 Å². The average Bonchev–Trinajstić information content (AvgIpc) is 2.30. The molecule has 0 radical (unpaired) electrons. The van der Waals surface area contributed by atoms with E-state index >= 15 is 0 Å². The Hall–Kier alpha value is -1.06. The third-order valence-corrected chi connectivity index (χ3v) is 2.99. The number of rotatable bonds is 3. The minimum Gasteiger partial charge on any atom is -0.496 e. The van der Waals surface area contributed by atoms with E-state index in [0.717, 1.165) is 31.9 Å². The molecular weight excluding hydrogens is 202 g/mol. The fourth-order valence-electron chi connectivity index (χ4n) is 2.16. The molecule has 0 spiro atoms. The standard InChI is InChI=1S/C13H19NO2/c1-13(10-16-8-7-14-13)9-11-5-3-4-6-12(11)15-2/h3-6,14H,7-10H2,1-2H3. The van der Waals surface area contributed by atoms with Crippen molar-refractivity contribution < 1.29 is 9.47 Å². The van der Waals surface area contributed by atoms with Gasteiger partial charge in [0.1, 0.15) is 5.75 Å². The quantitative estimate of drug-likeness (QED) is 0.841. The lowest BCUT2D eigenvalue weighted by Gasteiger charge is -2.35. The molecule has 1 fully saturated rings. The van der Waals surface area contributed by atoms with E-state index in [1.54, 1.807) is 7.11 Å². The number of hydrogen-bond donors (Lipinski definition) is 1. The van der Waals surface area contributed by atoms with Crippen molar-refractivity contribution >= 4 is 0 Å². The smallest absolute Gasteiger partial charge is 0.122 e. The molecule has 1 saturated heterocycles. The largest absolute Gasteiger partial charge is 0.496 e. The van der Waals surface area contributed by atoms with Gasteiger partial charge in [0.2, 0.25) is 0 Å². The molecule has 1 unspecified atom stereocenters. The molecule has 3 nitrogen and oxygen atoms in total. The van der Waals surface area contributed by atoms with Gasteiger partial charge in [-0.15, -0.1) is 0 Å². The predicted molar refractivity (Wildman–Crippen MR) is 63.9 cm³/mol. The van der Waals surface area contributed by atoms with E-state index < -0.39 is 0 Å². The van der Waals surface area contributed by atoms with Gasteiger partial charge in [-0.2, -0.15) is 0 Å². The maximum atomic E-state index is 5.53. The van der Waals surface area contributed by atoms with Crippen LogP contribution in [0.3, 0.4) is 0 Å². The van der Waals surface area contributed by atoms with Crippen molar-refractivity contribution in [2.75, 3.05) is 26.9 Å². The monoisotopic (exact) mass is 221 g/mol. The molecule has 1 heterocycles. The van der Waals surface area contributed by atoms with Gasteiger partial charge in [-0.1, -0.05) is 18.2 Å². The van der Waals surface area contributed by atoms with E-state index in [0.29, 0.717) is 0 Å². The van der Waals surface area contributed by atoms with E-state index in [-0.39, 0.29) is 5.54 Å². The lowest BCUT2D eigenvalue weighted by molar-refractivity contribution is 0.0353. The van der Waals surface area contributed by atoms with Crippen LogP contribution < -0.4 is 10.1 Å². The summed E-state index contributed by atoms with van der Waals surface area (Å²) in [5, 5.41) is 3.51. The Balaban J connectivity index is 2.12. The topological polar surface area (TPSA) is 30.5 Å². The normalized spacial score (nSPS) is 25.4. The Bertz CT molecular complexity index is 346. The van der Waals surface area contributed by atoms with Crippen molar-refractivity contribution in [2.24, 2.45) is 0 Å². The van der Waals surface area contributed by atoms with Gasteiger partial charge >= 0.3 is 0 Å². The third-order valence-electron chi connectivity index (χ3n) is 2.99. The van der Waals surface area contributed by atoms with Crippen LogP contribution in [0.4, 0.5) is 0 Å². The highest BCUT2D eigenvalue weighted by atomic mass is 16.5. The Kier molecular flexibility index (Phi) is 3.46. The first-order valence-corrected chi connectivity index (χ1v) is 5.68. The minimum absolute atomic E-state index is 0.0207. The van der Waals surface area contributed by atoms with Crippen LogP contribution in [0.15, 0.2) is 24.3 Å². The zero-order chi connectivity index (χ0) is 11.4. The summed E-state index contributed by atoms with van der Waals surface area (Å²) < 4.78 is 10.9. The summed E-state index contributed by atoms with van der Waals surface area (Å²) in [6.45, 7) is 4.68. The average molecular weight is 221 g/mol. The molecule has 1 aromatic rings. The summed E-state index contributed by atoms with van der Waals surface area (Å²) >= 11 is 0. The van der Waals surface area contributed by atoms with Crippen LogP contribution in [-0.2, 0) is 11.2 Å². The molecule has 0 aromatic heterocycles. The summed E-state index contributed by atoms with van der Waals surface area (Å²) in [7, 11) is 1.71. The summed E-state index contributed by atoms with van der Waals surface area (Å²) in [5.41, 5.74) is 1.25. The molecule has 0 aliphatic carbocycles. The fourth-order valence-corrected chi connectivity index (χ4v) is 2.16. The van der Waals surface area contributed by atoms with Gasteiger partial charge in [0.15, 0.2) is 0 Å². The number of hydrogen-bond acceptors (Lipinski definition) is 3. The molecule has 1 atom stereocenters. The zero-order valence-electron chi connectivity index (χ0n) is 9.95. The SMILES string of the molecule is COc1ccccc1CC1(C)COCCN1. The van der Waals surface area contributed by atoms with E-state index in [2.05, 4.69) is 18.3 Å². The Morgan fingerprint density at radius 2 is 2.25 bits per heavy atom. The highest BCUT2D eigenvalue weighted by molar-refractivity contribution is 5.34. The number of benzene rings is 1. The third kappa shape index (κ3) is 2.54. The van der Waals surface area contributed by atoms with E-state index in [4.69, 9.17) is 9.47 Å². The van der Waals surface area contributed by atoms with Crippen molar-refractivity contribution in [1.82, 2.24) is 5.32 Å². The zero-order valence-corrected chi connectivity index (χ0v) is 9.95. The van der Waals surface area contributed by atoms with Crippen LogP contribution in [0.5, 0.6) is 5.75 Å². The Morgan fingerprint density at radius 1 is 1.44 bits per heavy atom. The lowest BCUT2D eigenvalue weighted by Crippen LogP contribution is -2.53. The first-order valence-electron chi connectivity index (χ1n) is 5.68. The Morgan fingerprint density at radius 3 is 2.94 bits per heavy atom. The lowest BCUT2D eigenvalue weighted by atomic mass is 9.92. The molecule has 2 rings (SSSR count). The van der Waals surface area contributed by atoms with Crippen molar-refractivity contribution in [3.05, 3.63) is 29.8 Å². The fraction of sp³-hybridized carbons (Fsp3) is 0.538. The van der Waals surface area contributed by atoms with Crippen molar-refractivity contribution in [3.63, 3.8) is 0 Å². The molecule has 0 saturated carbocycles. The van der Waals surface area contributed by atoms with Gasteiger partial charge in [0.25, 0.3) is 0 Å². The van der Waals surface area contributed by atoms with Crippen LogP contribution >= 0.6 is 0 Å². The van der Waals surface area contributed by atoms with E-state index in [1.807, 2.05) is 18.2 Å². The molecule has 3 heteroatoms. The number of methoxy groups -OCH3 is 1. The molecule has 1 N–H and O–H groups in total. The molecule has 1 aromatic carbocycles. The van der Waals surface area contributed by atoms with Gasteiger partial charge in [-0.3, -0.25) is 0 Å². The highest BCUT2D eigenvalue weighted by Crippen LogP contribution is 2.23.